The molecule has 0 aromatic carbocycles. The van der Waals surface area contributed by atoms with Crippen molar-refractivity contribution in [2.24, 2.45) is 11.0 Å². The molecule has 0 rings (SSSR count). The van der Waals surface area contributed by atoms with Crippen LogP contribution in [0.25, 0.3) is 0 Å². The van der Waals surface area contributed by atoms with E-state index in [-0.39, 0.29) is 0 Å². The van der Waals surface area contributed by atoms with Gasteiger partial charge in [-0.1, -0.05) is 0 Å². The van der Waals surface area contributed by atoms with Gasteiger partial charge >= 0.3 is 0 Å². The smallest absolute Gasteiger partial charge is 0.153 e. The van der Waals surface area contributed by atoms with Crippen LogP contribution in [0.5, 0.6) is 0 Å². The minimum atomic E-state index is -2.40. The quantitative estimate of drug-likeness (QED) is 0.428. The van der Waals surface area contributed by atoms with E-state index in [1.54, 1.807) is 14.1 Å². The zero-order valence-electron chi connectivity index (χ0n) is 4.55. The Hall–Kier alpha value is 0.110. The van der Waals surface area contributed by atoms with Crippen LogP contribution in [0, 0.1) is 5.16 Å². The van der Waals surface area contributed by atoms with Gasteiger partial charge in [0.2, 0.25) is 0 Å². The van der Waals surface area contributed by atoms with E-state index in [9.17, 15) is 0 Å². The molecule has 5 N–H and O–H groups in total. The molecule has 0 aromatic heterocycles. The van der Waals surface area contributed by atoms with Crippen LogP contribution in [-0.2, 0) is 0 Å². The lowest BCUT2D eigenvalue weighted by Gasteiger charge is -2.17. The summed E-state index contributed by atoms with van der Waals surface area (Å²) in [6.07, 6.45) is 0. The predicted molar refractivity (Wildman–Crippen MR) is 31.7 cm³/mol. The molecule has 0 aliphatic heterocycles. The van der Waals surface area contributed by atoms with Gasteiger partial charge in [0.1, 0.15) is 0 Å². The highest BCUT2D eigenvalue weighted by molar-refractivity contribution is 7.57. The molecule has 0 atom stereocenters. The first-order valence-corrected chi connectivity index (χ1v) is 3.71. The number of hydrogen-bond donors (Lipinski definition) is 3. The molecule has 0 saturated heterocycles. The first kappa shape index (κ1) is 7.11. The van der Waals surface area contributed by atoms with Crippen molar-refractivity contribution in [3.8, 4) is 0 Å². The Bertz CT molecular complexity index is 91.9. The summed E-state index contributed by atoms with van der Waals surface area (Å²) in [4.78, 5) is 0. The molecule has 0 radical (unpaired) electrons. The van der Waals surface area contributed by atoms with Gasteiger partial charge < -0.3 is 0 Å². The maximum absolute atomic E-state index is 6.98. The third kappa shape index (κ3) is 2.76. The van der Waals surface area contributed by atoms with E-state index in [0.29, 0.717) is 0 Å². The van der Waals surface area contributed by atoms with Crippen LogP contribution in [-0.4, -0.2) is 18.8 Å². The van der Waals surface area contributed by atoms with Crippen LogP contribution in [0.4, 0.5) is 0 Å². The highest BCUT2D eigenvalue weighted by Gasteiger charge is 2.02. The van der Waals surface area contributed by atoms with E-state index >= 15 is 0 Å². The van der Waals surface area contributed by atoms with E-state index in [0.717, 1.165) is 0 Å². The predicted octanol–water partition coefficient (Wildman–Crippen LogP) is -0.00963. The Kier molecular flexibility index (Phi) is 1.95. The summed E-state index contributed by atoms with van der Waals surface area (Å²) in [7, 11) is 0.986. The number of nitrogens with two attached hydrogens (primary N) is 2. The number of hydrogen-bond acceptors (Lipinski definition) is 1. The van der Waals surface area contributed by atoms with Crippen LogP contribution in [0.3, 0.4) is 0 Å². The Morgan fingerprint density at radius 3 is 1.57 bits per heavy atom. The minimum Gasteiger partial charge on any atom is -0.277 e. The molecule has 4 nitrogen and oxygen atoms in total. The fourth-order valence-electron chi connectivity index (χ4n) is 0. The molecule has 0 aromatic rings. The summed E-state index contributed by atoms with van der Waals surface area (Å²) in [6, 6.07) is 0. The molecule has 0 aliphatic rings. The standard InChI is InChI=1S/C2H11N4P/c1-6(2)7(3,4)5/h1-2H3,(H5,3,4,5). The highest BCUT2D eigenvalue weighted by atomic mass is 31.2. The Morgan fingerprint density at radius 1 is 1.43 bits per heavy atom. The van der Waals surface area contributed by atoms with Crippen molar-refractivity contribution >= 4 is 7.51 Å². The van der Waals surface area contributed by atoms with Gasteiger partial charge in [-0.25, -0.2) is 0 Å². The summed E-state index contributed by atoms with van der Waals surface area (Å²) in [5, 5.41) is 6.98. The van der Waals surface area contributed by atoms with Crippen molar-refractivity contribution in [3.05, 3.63) is 0 Å². The number of nitrogens with zero attached hydrogens (tertiary/aromatic N) is 1. The summed E-state index contributed by atoms with van der Waals surface area (Å²) in [6.45, 7) is 0. The van der Waals surface area contributed by atoms with Gasteiger partial charge in [-0.05, 0) is 14.1 Å². The maximum Gasteiger partial charge on any atom is 0.153 e. The number of rotatable bonds is 1. The van der Waals surface area contributed by atoms with Crippen molar-refractivity contribution < 1.29 is 0 Å². The van der Waals surface area contributed by atoms with Gasteiger partial charge in [0.15, 0.2) is 7.51 Å². The Balaban J connectivity index is 3.80. The van der Waals surface area contributed by atoms with Crippen LogP contribution in [0.2, 0.25) is 0 Å². The summed E-state index contributed by atoms with van der Waals surface area (Å²) >= 11 is 0. The molecule has 0 amide bonds. The molecule has 5 heteroatoms. The van der Waals surface area contributed by atoms with Crippen LogP contribution in [0.1, 0.15) is 0 Å². The topological polar surface area (TPSA) is 79.1 Å². The first-order chi connectivity index (χ1) is 2.94. The van der Waals surface area contributed by atoms with Crippen molar-refractivity contribution in [2.75, 3.05) is 14.1 Å². The van der Waals surface area contributed by atoms with Gasteiger partial charge in [0.05, 0.1) is 0 Å². The number of nitrogens with one attached hydrogen (secondary N) is 1. The monoisotopic (exact) mass is 122 g/mol. The van der Waals surface area contributed by atoms with Crippen molar-refractivity contribution in [2.45, 2.75) is 0 Å². The second-order valence-corrected chi connectivity index (χ2v) is 3.86. The van der Waals surface area contributed by atoms with E-state index < -0.39 is 7.51 Å². The van der Waals surface area contributed by atoms with E-state index in [4.69, 9.17) is 16.2 Å². The molecule has 0 fully saturated rings. The molecule has 0 spiro atoms. The van der Waals surface area contributed by atoms with Crippen LogP contribution in [0.15, 0.2) is 0 Å². The average molecular weight is 122 g/mol. The van der Waals surface area contributed by atoms with Crippen molar-refractivity contribution in [1.82, 2.24) is 4.67 Å². The molecule has 44 valence electrons. The van der Waals surface area contributed by atoms with Gasteiger partial charge in [0.25, 0.3) is 0 Å². The first-order valence-electron chi connectivity index (χ1n) is 1.83. The fraction of sp³-hybridized carbons (Fsp3) is 1.00. The van der Waals surface area contributed by atoms with Crippen LogP contribution < -0.4 is 11.0 Å². The molecule has 0 saturated carbocycles. The normalized spacial score (nSPS) is 12.7. The van der Waals surface area contributed by atoms with E-state index in [1.807, 2.05) is 0 Å². The van der Waals surface area contributed by atoms with Gasteiger partial charge in [-0.15, -0.1) is 0 Å². The molecule has 7 heavy (non-hydrogen) atoms. The fourth-order valence-corrected chi connectivity index (χ4v) is 0. The maximum atomic E-state index is 6.98. The second-order valence-electron chi connectivity index (χ2n) is 1.59. The zero-order valence-corrected chi connectivity index (χ0v) is 5.44. The SMILES string of the molecule is CN(C)P(=N)(N)N. The third-order valence-electron chi connectivity index (χ3n) is 0.662. The summed E-state index contributed by atoms with van der Waals surface area (Å²) in [5.74, 6) is 0. The molecular weight excluding hydrogens is 111 g/mol. The van der Waals surface area contributed by atoms with Crippen molar-refractivity contribution in [3.63, 3.8) is 0 Å². The minimum absolute atomic E-state index is 1.52. The molecule has 0 aliphatic carbocycles. The molecular formula is C2H11N4P. The lowest BCUT2D eigenvalue weighted by molar-refractivity contribution is 0.663. The molecule has 0 bridgehead atoms. The highest BCUT2D eigenvalue weighted by Crippen LogP contribution is 2.27. The average Bonchev–Trinajstić information content (AvgIpc) is 1.31. The third-order valence-corrected chi connectivity index (χ3v) is 1.99. The second kappa shape index (κ2) is 1.92. The summed E-state index contributed by atoms with van der Waals surface area (Å²) < 4.78 is 1.52. The van der Waals surface area contributed by atoms with Crippen molar-refractivity contribution in [1.29, 1.82) is 5.16 Å². The van der Waals surface area contributed by atoms with Gasteiger partial charge in [-0.3, -0.25) is 20.8 Å². The zero-order chi connectivity index (χ0) is 6.08. The van der Waals surface area contributed by atoms with Crippen LogP contribution >= 0.6 is 7.51 Å². The lowest BCUT2D eigenvalue weighted by atomic mass is 11.3. The Labute approximate surface area is 43.5 Å². The Morgan fingerprint density at radius 2 is 1.57 bits per heavy atom. The molecule has 0 heterocycles. The van der Waals surface area contributed by atoms with E-state index in [1.165, 1.54) is 4.67 Å². The largest absolute Gasteiger partial charge is 0.277 e. The van der Waals surface area contributed by atoms with Gasteiger partial charge in [0, 0.05) is 0 Å². The summed E-state index contributed by atoms with van der Waals surface area (Å²) in [5.41, 5.74) is 10.3. The molecule has 0 unspecified atom stereocenters. The van der Waals surface area contributed by atoms with E-state index in [2.05, 4.69) is 0 Å². The lowest BCUT2D eigenvalue weighted by Crippen LogP contribution is -2.20. The van der Waals surface area contributed by atoms with Gasteiger partial charge in [-0.2, -0.15) is 0 Å².